The molecule has 10 heteroatoms. The molecule has 2 N–H and O–H groups in total. The van der Waals surface area contributed by atoms with Crippen LogP contribution in [0.3, 0.4) is 0 Å². The van der Waals surface area contributed by atoms with Crippen LogP contribution in [0.4, 0.5) is 18.9 Å². The molecule has 0 saturated heterocycles. The van der Waals surface area contributed by atoms with Gasteiger partial charge in [-0.25, -0.2) is 0 Å². The summed E-state index contributed by atoms with van der Waals surface area (Å²) in [6.45, 7) is 1.01. The zero-order chi connectivity index (χ0) is 23.5. The number of rotatable bonds is 7. The van der Waals surface area contributed by atoms with Gasteiger partial charge in [-0.05, 0) is 55.6 Å². The summed E-state index contributed by atoms with van der Waals surface area (Å²) in [6, 6.07) is 11.8. The number of nitrogens with zero attached hydrogens (tertiary/aromatic N) is 2. The third-order valence-electron chi connectivity index (χ3n) is 4.80. The maximum atomic E-state index is 12.9. The van der Waals surface area contributed by atoms with Crippen LogP contribution in [0.2, 0.25) is 0 Å². The lowest BCUT2D eigenvalue weighted by Gasteiger charge is -2.10. The SMILES string of the molecule is CN(C)CCNC(=O)c1cc(-c2ccc(C(F)(F)F)cc2)[nH]c1-c1ccc([N+](=O)[O-])cc1. The number of H-pyrrole nitrogens is 1. The van der Waals surface area contributed by atoms with Gasteiger partial charge in [-0.15, -0.1) is 0 Å². The van der Waals surface area contributed by atoms with Crippen LogP contribution >= 0.6 is 0 Å². The van der Waals surface area contributed by atoms with Crippen molar-refractivity contribution in [1.82, 2.24) is 15.2 Å². The van der Waals surface area contributed by atoms with Crippen LogP contribution < -0.4 is 5.32 Å². The van der Waals surface area contributed by atoms with Gasteiger partial charge in [0.15, 0.2) is 0 Å². The molecule has 0 spiro atoms. The second-order valence-electron chi connectivity index (χ2n) is 7.41. The van der Waals surface area contributed by atoms with E-state index in [9.17, 15) is 28.1 Å². The highest BCUT2D eigenvalue weighted by molar-refractivity contribution is 6.01. The van der Waals surface area contributed by atoms with Crippen LogP contribution in [0, 0.1) is 10.1 Å². The van der Waals surface area contributed by atoms with Gasteiger partial charge in [-0.3, -0.25) is 14.9 Å². The molecule has 32 heavy (non-hydrogen) atoms. The first kappa shape index (κ1) is 23.0. The van der Waals surface area contributed by atoms with Gasteiger partial charge < -0.3 is 15.2 Å². The fourth-order valence-corrected chi connectivity index (χ4v) is 3.09. The van der Waals surface area contributed by atoms with Crippen LogP contribution in [0.1, 0.15) is 15.9 Å². The summed E-state index contributed by atoms with van der Waals surface area (Å²) >= 11 is 0. The van der Waals surface area contributed by atoms with Crippen LogP contribution in [-0.2, 0) is 6.18 Å². The summed E-state index contributed by atoms with van der Waals surface area (Å²) < 4.78 is 38.6. The van der Waals surface area contributed by atoms with Gasteiger partial charge in [0.2, 0.25) is 0 Å². The van der Waals surface area contributed by atoms with E-state index in [0.717, 1.165) is 12.1 Å². The van der Waals surface area contributed by atoms with E-state index in [4.69, 9.17) is 0 Å². The summed E-state index contributed by atoms with van der Waals surface area (Å²) in [4.78, 5) is 28.2. The minimum atomic E-state index is -4.45. The number of carbonyl (C=O) groups is 1. The van der Waals surface area contributed by atoms with E-state index in [1.54, 1.807) is 6.07 Å². The Morgan fingerprint density at radius 3 is 2.19 bits per heavy atom. The number of nitro groups is 1. The molecular weight excluding hydrogens is 425 g/mol. The third-order valence-corrected chi connectivity index (χ3v) is 4.80. The number of hydrogen-bond acceptors (Lipinski definition) is 4. The van der Waals surface area contributed by atoms with E-state index >= 15 is 0 Å². The fraction of sp³-hybridized carbons (Fsp3) is 0.227. The number of aromatic nitrogens is 1. The first-order chi connectivity index (χ1) is 15.1. The van der Waals surface area contributed by atoms with Gasteiger partial charge in [0.1, 0.15) is 0 Å². The van der Waals surface area contributed by atoms with Gasteiger partial charge in [0, 0.05) is 30.9 Å². The van der Waals surface area contributed by atoms with E-state index in [0.29, 0.717) is 35.6 Å². The standard InChI is InChI=1S/C22H21F3N4O3/c1-28(2)12-11-26-21(30)18-13-19(14-3-7-16(8-4-14)22(23,24)25)27-20(18)15-5-9-17(10-6-15)29(31)32/h3-10,13,27H,11-12H2,1-2H3,(H,26,30). The van der Waals surface area contributed by atoms with Crippen molar-refractivity contribution in [1.29, 1.82) is 0 Å². The zero-order valence-electron chi connectivity index (χ0n) is 17.4. The monoisotopic (exact) mass is 446 g/mol. The van der Waals surface area contributed by atoms with Gasteiger partial charge in [0.05, 0.1) is 21.7 Å². The molecule has 0 aliphatic heterocycles. The van der Waals surface area contributed by atoms with Crippen molar-refractivity contribution < 1.29 is 22.9 Å². The van der Waals surface area contributed by atoms with Crippen LogP contribution in [0.25, 0.3) is 22.5 Å². The Morgan fingerprint density at radius 1 is 1.06 bits per heavy atom. The summed E-state index contributed by atoms with van der Waals surface area (Å²) in [5.74, 6) is -0.366. The average Bonchev–Trinajstić information content (AvgIpc) is 3.18. The normalized spacial score (nSPS) is 11.6. The highest BCUT2D eigenvalue weighted by Gasteiger charge is 2.30. The minimum absolute atomic E-state index is 0.0970. The number of nitro benzene ring substituents is 1. The summed E-state index contributed by atoms with van der Waals surface area (Å²) in [5.41, 5.74) is 1.28. The van der Waals surface area contributed by atoms with E-state index < -0.39 is 16.7 Å². The Kier molecular flexibility index (Phi) is 6.64. The molecule has 1 heterocycles. The maximum absolute atomic E-state index is 12.9. The fourth-order valence-electron chi connectivity index (χ4n) is 3.09. The predicted molar refractivity (Wildman–Crippen MR) is 114 cm³/mol. The molecule has 7 nitrogen and oxygen atoms in total. The number of hydrogen-bond donors (Lipinski definition) is 2. The molecule has 0 saturated carbocycles. The molecule has 0 unspecified atom stereocenters. The molecular formula is C22H21F3N4O3. The molecule has 0 fully saturated rings. The van der Waals surface area contributed by atoms with Crippen molar-refractivity contribution in [2.24, 2.45) is 0 Å². The van der Waals surface area contributed by atoms with Gasteiger partial charge >= 0.3 is 6.18 Å². The third kappa shape index (κ3) is 5.33. The van der Waals surface area contributed by atoms with Crippen molar-refractivity contribution in [2.45, 2.75) is 6.18 Å². The summed E-state index contributed by atoms with van der Waals surface area (Å²) in [6.07, 6.45) is -4.45. The quantitative estimate of drug-likeness (QED) is 0.411. The molecule has 3 rings (SSSR count). The lowest BCUT2D eigenvalue weighted by molar-refractivity contribution is -0.384. The molecule has 0 aliphatic carbocycles. The van der Waals surface area contributed by atoms with Crippen LogP contribution in [0.5, 0.6) is 0 Å². The van der Waals surface area contributed by atoms with E-state index in [1.165, 1.54) is 36.4 Å². The van der Waals surface area contributed by atoms with Crippen LogP contribution in [0.15, 0.2) is 54.6 Å². The molecule has 3 aromatic rings. The Labute approximate surface area is 182 Å². The van der Waals surface area contributed by atoms with Crippen molar-refractivity contribution in [3.8, 4) is 22.5 Å². The Balaban J connectivity index is 1.99. The molecule has 0 atom stereocenters. The number of nitrogens with one attached hydrogen (secondary N) is 2. The number of likely N-dealkylation sites (N-methyl/N-ethyl adjacent to an activating group) is 1. The Bertz CT molecular complexity index is 1100. The van der Waals surface area contributed by atoms with Gasteiger partial charge in [-0.1, -0.05) is 12.1 Å². The minimum Gasteiger partial charge on any atom is -0.354 e. The van der Waals surface area contributed by atoms with E-state index in [2.05, 4.69) is 10.3 Å². The van der Waals surface area contributed by atoms with Crippen molar-refractivity contribution in [2.75, 3.05) is 27.2 Å². The lowest BCUT2D eigenvalue weighted by atomic mass is 10.1. The maximum Gasteiger partial charge on any atom is 0.416 e. The Morgan fingerprint density at radius 2 is 1.66 bits per heavy atom. The highest BCUT2D eigenvalue weighted by Crippen LogP contribution is 2.33. The number of non-ortho nitro benzene ring substituents is 1. The molecule has 0 radical (unpaired) electrons. The van der Waals surface area contributed by atoms with E-state index in [1.807, 2.05) is 19.0 Å². The first-order valence-electron chi connectivity index (χ1n) is 9.64. The summed E-state index contributed by atoms with van der Waals surface area (Å²) in [7, 11) is 3.74. The average molecular weight is 446 g/mol. The topological polar surface area (TPSA) is 91.3 Å². The number of alkyl halides is 3. The molecule has 1 amide bonds. The number of carbonyl (C=O) groups excluding carboxylic acids is 1. The molecule has 1 aromatic heterocycles. The predicted octanol–water partition coefficient (Wildman–Crippen LogP) is 4.57. The largest absolute Gasteiger partial charge is 0.416 e. The number of amides is 1. The van der Waals surface area contributed by atoms with Crippen molar-refractivity contribution >= 4 is 11.6 Å². The highest BCUT2D eigenvalue weighted by atomic mass is 19.4. The second kappa shape index (κ2) is 9.23. The number of aromatic amines is 1. The molecule has 168 valence electrons. The van der Waals surface area contributed by atoms with Gasteiger partial charge in [0.25, 0.3) is 11.6 Å². The van der Waals surface area contributed by atoms with Crippen molar-refractivity contribution in [3.63, 3.8) is 0 Å². The molecule has 0 aliphatic rings. The summed E-state index contributed by atoms with van der Waals surface area (Å²) in [5, 5.41) is 13.7. The number of halogens is 3. The van der Waals surface area contributed by atoms with Gasteiger partial charge in [-0.2, -0.15) is 13.2 Å². The van der Waals surface area contributed by atoms with Crippen LogP contribution in [-0.4, -0.2) is 47.9 Å². The molecule has 2 aromatic carbocycles. The zero-order valence-corrected chi connectivity index (χ0v) is 17.4. The second-order valence-corrected chi connectivity index (χ2v) is 7.41. The molecule has 0 bridgehead atoms. The number of benzene rings is 2. The first-order valence-corrected chi connectivity index (χ1v) is 9.64. The smallest absolute Gasteiger partial charge is 0.354 e. The van der Waals surface area contributed by atoms with E-state index in [-0.39, 0.29) is 17.2 Å². The van der Waals surface area contributed by atoms with Crippen molar-refractivity contribution in [3.05, 3.63) is 75.8 Å². The Hall–Kier alpha value is -3.66. The lowest BCUT2D eigenvalue weighted by Crippen LogP contribution is -2.31.